The first kappa shape index (κ1) is 13.8. The molecule has 0 heterocycles. The maximum atomic E-state index is 11.0. The van der Waals surface area contributed by atoms with Crippen LogP contribution in [0, 0.1) is 11.3 Å². The molecule has 0 aromatic heterocycles. The van der Waals surface area contributed by atoms with Gasteiger partial charge in [-0.1, -0.05) is 18.2 Å². The summed E-state index contributed by atoms with van der Waals surface area (Å²) in [6, 6.07) is 9.28. The second-order valence-corrected chi connectivity index (χ2v) is 3.70. The first-order chi connectivity index (χ1) is 8.65. The van der Waals surface area contributed by atoms with E-state index in [2.05, 4.69) is 10.8 Å². The second-order valence-electron chi connectivity index (χ2n) is 3.70. The van der Waals surface area contributed by atoms with Gasteiger partial charge in [0.15, 0.2) is 0 Å². The standard InChI is InChI=1S/C14H15NO3/c1-3-17-14(16)18-10-11(2)7-12-5-4-6-13(8-12)9-15/h4-8H,3,10H2,1-2H3. The predicted molar refractivity (Wildman–Crippen MR) is 67.8 cm³/mol. The van der Waals surface area contributed by atoms with Crippen molar-refractivity contribution < 1.29 is 14.3 Å². The van der Waals surface area contributed by atoms with E-state index in [1.807, 2.05) is 25.1 Å². The van der Waals surface area contributed by atoms with Crippen LogP contribution < -0.4 is 0 Å². The van der Waals surface area contributed by atoms with E-state index in [-0.39, 0.29) is 6.61 Å². The Kier molecular flexibility index (Phi) is 5.46. The summed E-state index contributed by atoms with van der Waals surface area (Å²) in [5.41, 5.74) is 2.38. The van der Waals surface area contributed by atoms with Crippen molar-refractivity contribution in [1.82, 2.24) is 0 Å². The molecule has 18 heavy (non-hydrogen) atoms. The molecule has 1 rings (SSSR count). The molecule has 0 amide bonds. The van der Waals surface area contributed by atoms with Gasteiger partial charge in [0.1, 0.15) is 6.61 Å². The zero-order valence-electron chi connectivity index (χ0n) is 10.5. The summed E-state index contributed by atoms with van der Waals surface area (Å²) in [5.74, 6) is 0. The quantitative estimate of drug-likeness (QED) is 0.764. The van der Waals surface area contributed by atoms with Crippen LogP contribution in [-0.2, 0) is 9.47 Å². The van der Waals surface area contributed by atoms with Gasteiger partial charge in [-0.15, -0.1) is 0 Å². The Morgan fingerprint density at radius 2 is 2.22 bits per heavy atom. The Morgan fingerprint density at radius 1 is 1.44 bits per heavy atom. The van der Waals surface area contributed by atoms with Crippen molar-refractivity contribution in [3.63, 3.8) is 0 Å². The highest BCUT2D eigenvalue weighted by molar-refractivity contribution is 5.61. The molecule has 0 atom stereocenters. The summed E-state index contributed by atoms with van der Waals surface area (Å²) >= 11 is 0. The Labute approximate surface area is 106 Å². The summed E-state index contributed by atoms with van der Waals surface area (Å²) in [6.45, 7) is 4.04. The Balaban J connectivity index is 2.60. The van der Waals surface area contributed by atoms with Crippen molar-refractivity contribution in [1.29, 1.82) is 5.26 Å². The minimum Gasteiger partial charge on any atom is -0.435 e. The number of carbonyl (C=O) groups is 1. The molecule has 0 aliphatic heterocycles. The largest absolute Gasteiger partial charge is 0.508 e. The Hall–Kier alpha value is -2.28. The van der Waals surface area contributed by atoms with Gasteiger partial charge in [-0.25, -0.2) is 4.79 Å². The van der Waals surface area contributed by atoms with Crippen molar-refractivity contribution in [3.8, 4) is 6.07 Å². The molecule has 0 saturated heterocycles. The summed E-state index contributed by atoms with van der Waals surface area (Å²) in [5, 5.41) is 8.77. The lowest BCUT2D eigenvalue weighted by Crippen LogP contribution is -2.08. The molecule has 0 aliphatic carbocycles. The van der Waals surface area contributed by atoms with E-state index in [0.717, 1.165) is 11.1 Å². The third kappa shape index (κ3) is 4.71. The lowest BCUT2D eigenvalue weighted by molar-refractivity contribution is 0.0657. The summed E-state index contributed by atoms with van der Waals surface area (Å²) in [6.07, 6.45) is 1.19. The predicted octanol–water partition coefficient (Wildman–Crippen LogP) is 3.13. The minimum absolute atomic E-state index is 0.176. The van der Waals surface area contributed by atoms with Crippen LogP contribution in [-0.4, -0.2) is 19.4 Å². The highest BCUT2D eigenvalue weighted by Crippen LogP contribution is 2.09. The van der Waals surface area contributed by atoms with Gasteiger partial charge in [-0.05, 0) is 37.1 Å². The molecular weight excluding hydrogens is 230 g/mol. The topological polar surface area (TPSA) is 59.3 Å². The third-order valence-electron chi connectivity index (χ3n) is 2.11. The first-order valence-electron chi connectivity index (χ1n) is 5.62. The van der Waals surface area contributed by atoms with Crippen molar-refractivity contribution in [3.05, 3.63) is 41.0 Å². The van der Waals surface area contributed by atoms with Gasteiger partial charge in [0, 0.05) is 0 Å². The molecule has 0 aliphatic rings. The molecule has 94 valence electrons. The Morgan fingerprint density at radius 3 is 2.89 bits per heavy atom. The van der Waals surface area contributed by atoms with Crippen molar-refractivity contribution in [2.24, 2.45) is 0 Å². The molecular formula is C14H15NO3. The fourth-order valence-corrected chi connectivity index (χ4v) is 1.36. The molecule has 4 heteroatoms. The lowest BCUT2D eigenvalue weighted by Gasteiger charge is -2.04. The molecule has 0 N–H and O–H groups in total. The number of benzene rings is 1. The fraction of sp³-hybridized carbons (Fsp3) is 0.286. The van der Waals surface area contributed by atoms with Gasteiger partial charge in [0.25, 0.3) is 0 Å². The maximum Gasteiger partial charge on any atom is 0.508 e. The highest BCUT2D eigenvalue weighted by Gasteiger charge is 2.02. The monoisotopic (exact) mass is 245 g/mol. The van der Waals surface area contributed by atoms with E-state index >= 15 is 0 Å². The number of carbonyl (C=O) groups excluding carboxylic acids is 1. The third-order valence-corrected chi connectivity index (χ3v) is 2.11. The number of ether oxygens (including phenoxy) is 2. The number of hydrogen-bond acceptors (Lipinski definition) is 4. The number of rotatable bonds is 4. The average molecular weight is 245 g/mol. The van der Waals surface area contributed by atoms with Gasteiger partial charge in [0.05, 0.1) is 18.2 Å². The first-order valence-corrected chi connectivity index (χ1v) is 5.62. The van der Waals surface area contributed by atoms with Crippen LogP contribution >= 0.6 is 0 Å². The van der Waals surface area contributed by atoms with Crippen molar-refractivity contribution >= 4 is 12.2 Å². The Bertz CT molecular complexity index is 486. The van der Waals surface area contributed by atoms with Crippen LogP contribution in [0.25, 0.3) is 6.08 Å². The summed E-state index contributed by atoms with van der Waals surface area (Å²) < 4.78 is 9.53. The normalized spacial score (nSPS) is 10.6. The lowest BCUT2D eigenvalue weighted by atomic mass is 10.1. The van der Waals surface area contributed by atoms with Crippen LogP contribution in [0.2, 0.25) is 0 Å². The van der Waals surface area contributed by atoms with Gasteiger partial charge in [-0.3, -0.25) is 0 Å². The van der Waals surface area contributed by atoms with Gasteiger partial charge in [-0.2, -0.15) is 5.26 Å². The van der Waals surface area contributed by atoms with Crippen LogP contribution in [0.3, 0.4) is 0 Å². The summed E-state index contributed by atoms with van der Waals surface area (Å²) in [4.78, 5) is 11.0. The summed E-state index contributed by atoms with van der Waals surface area (Å²) in [7, 11) is 0. The number of nitriles is 1. The molecule has 0 fully saturated rings. The van der Waals surface area contributed by atoms with E-state index < -0.39 is 6.16 Å². The smallest absolute Gasteiger partial charge is 0.435 e. The number of hydrogen-bond donors (Lipinski definition) is 0. The van der Waals surface area contributed by atoms with E-state index in [1.54, 1.807) is 19.1 Å². The van der Waals surface area contributed by atoms with E-state index in [9.17, 15) is 4.79 Å². The molecule has 1 aromatic carbocycles. The van der Waals surface area contributed by atoms with Crippen LogP contribution in [0.15, 0.2) is 29.8 Å². The molecule has 0 unspecified atom stereocenters. The average Bonchev–Trinajstić information content (AvgIpc) is 2.37. The van der Waals surface area contributed by atoms with E-state index in [4.69, 9.17) is 10.00 Å². The molecule has 0 radical (unpaired) electrons. The van der Waals surface area contributed by atoms with E-state index in [1.165, 1.54) is 0 Å². The van der Waals surface area contributed by atoms with Gasteiger partial charge >= 0.3 is 6.16 Å². The second kappa shape index (κ2) is 7.13. The zero-order chi connectivity index (χ0) is 13.4. The van der Waals surface area contributed by atoms with Crippen LogP contribution in [0.4, 0.5) is 4.79 Å². The molecule has 0 bridgehead atoms. The zero-order valence-corrected chi connectivity index (χ0v) is 10.5. The highest BCUT2D eigenvalue weighted by atomic mass is 16.7. The molecule has 0 spiro atoms. The fourth-order valence-electron chi connectivity index (χ4n) is 1.36. The maximum absolute atomic E-state index is 11.0. The van der Waals surface area contributed by atoms with Crippen molar-refractivity contribution in [2.75, 3.05) is 13.2 Å². The van der Waals surface area contributed by atoms with Crippen LogP contribution in [0.1, 0.15) is 25.0 Å². The van der Waals surface area contributed by atoms with Gasteiger partial charge in [0.2, 0.25) is 0 Å². The molecule has 1 aromatic rings. The minimum atomic E-state index is -0.670. The SMILES string of the molecule is CCOC(=O)OCC(C)=Cc1cccc(C#N)c1. The van der Waals surface area contributed by atoms with E-state index in [0.29, 0.717) is 12.2 Å². The van der Waals surface area contributed by atoms with Gasteiger partial charge < -0.3 is 9.47 Å². The number of nitrogens with zero attached hydrogens (tertiary/aromatic N) is 1. The molecule has 4 nitrogen and oxygen atoms in total. The van der Waals surface area contributed by atoms with Crippen molar-refractivity contribution in [2.45, 2.75) is 13.8 Å². The molecule has 0 saturated carbocycles. The van der Waals surface area contributed by atoms with Crippen LogP contribution in [0.5, 0.6) is 0 Å².